The Hall–Kier alpha value is -3.35. The SMILES string of the molecule is NC(=O)NCc1nc2ccc(-c3c[nH]c4cc(F)ccc34)cc2o1. The number of fused-ring (bicyclic) bond motifs is 2. The summed E-state index contributed by atoms with van der Waals surface area (Å²) in [4.78, 5) is 18.1. The average molecular weight is 324 g/mol. The standard InChI is InChI=1S/C17H13FN4O2/c18-10-2-3-11-12(7-20-14(11)6-10)9-1-4-13-15(5-9)24-16(22-13)8-21-17(19)23/h1-7,20H,8H2,(H3,19,21,23). The number of carbonyl (C=O) groups excluding carboxylic acids is 1. The Labute approximate surface area is 135 Å². The third kappa shape index (κ3) is 2.45. The molecule has 0 aliphatic rings. The number of nitrogens with zero attached hydrogens (tertiary/aromatic N) is 1. The first-order valence-corrected chi connectivity index (χ1v) is 7.30. The smallest absolute Gasteiger partial charge is 0.312 e. The van der Waals surface area contributed by atoms with E-state index in [0.29, 0.717) is 17.0 Å². The van der Waals surface area contributed by atoms with E-state index in [2.05, 4.69) is 15.3 Å². The molecule has 24 heavy (non-hydrogen) atoms. The van der Waals surface area contributed by atoms with Crippen LogP contribution in [-0.4, -0.2) is 16.0 Å². The summed E-state index contributed by atoms with van der Waals surface area (Å²) >= 11 is 0. The van der Waals surface area contributed by atoms with E-state index in [4.69, 9.17) is 10.2 Å². The number of oxazole rings is 1. The van der Waals surface area contributed by atoms with E-state index in [-0.39, 0.29) is 12.4 Å². The maximum atomic E-state index is 13.3. The van der Waals surface area contributed by atoms with E-state index in [1.165, 1.54) is 12.1 Å². The summed E-state index contributed by atoms with van der Waals surface area (Å²) in [5.41, 5.74) is 8.92. The third-order valence-electron chi connectivity index (χ3n) is 3.80. The summed E-state index contributed by atoms with van der Waals surface area (Å²) < 4.78 is 18.9. The number of rotatable bonds is 3. The Balaban J connectivity index is 1.74. The van der Waals surface area contributed by atoms with Crippen molar-refractivity contribution in [3.05, 3.63) is 54.3 Å². The number of nitrogens with two attached hydrogens (primary N) is 1. The zero-order chi connectivity index (χ0) is 16.7. The van der Waals surface area contributed by atoms with Crippen LogP contribution in [0.1, 0.15) is 5.89 Å². The van der Waals surface area contributed by atoms with Crippen molar-refractivity contribution in [1.82, 2.24) is 15.3 Å². The number of nitrogens with one attached hydrogen (secondary N) is 2. The van der Waals surface area contributed by atoms with Gasteiger partial charge in [0, 0.05) is 22.7 Å². The molecule has 4 aromatic rings. The molecule has 4 rings (SSSR count). The average Bonchev–Trinajstić information content (AvgIpc) is 3.14. The Kier molecular flexibility index (Phi) is 3.19. The van der Waals surface area contributed by atoms with E-state index in [1.807, 2.05) is 24.4 Å². The topological polar surface area (TPSA) is 96.9 Å². The van der Waals surface area contributed by atoms with E-state index in [9.17, 15) is 9.18 Å². The number of aromatic amines is 1. The second kappa shape index (κ2) is 5.38. The number of amides is 2. The van der Waals surface area contributed by atoms with Crippen LogP contribution in [0.15, 0.2) is 47.0 Å². The summed E-state index contributed by atoms with van der Waals surface area (Å²) in [5.74, 6) is 0.0927. The fourth-order valence-corrected chi connectivity index (χ4v) is 2.72. The molecule has 0 aliphatic carbocycles. The number of primary amides is 1. The van der Waals surface area contributed by atoms with Crippen LogP contribution in [0.25, 0.3) is 33.1 Å². The fourth-order valence-electron chi connectivity index (χ4n) is 2.72. The van der Waals surface area contributed by atoms with E-state index >= 15 is 0 Å². The zero-order valence-electron chi connectivity index (χ0n) is 12.5. The largest absolute Gasteiger partial charge is 0.439 e. The Morgan fingerprint density at radius 3 is 3.00 bits per heavy atom. The molecule has 4 N–H and O–H groups in total. The van der Waals surface area contributed by atoms with Crippen LogP contribution in [0.2, 0.25) is 0 Å². The molecular formula is C17H13FN4O2. The van der Waals surface area contributed by atoms with Gasteiger partial charge >= 0.3 is 6.03 Å². The summed E-state index contributed by atoms with van der Waals surface area (Å²) in [7, 11) is 0. The van der Waals surface area contributed by atoms with Crippen LogP contribution in [0.5, 0.6) is 0 Å². The molecule has 0 spiro atoms. The van der Waals surface area contributed by atoms with Crippen LogP contribution >= 0.6 is 0 Å². The van der Waals surface area contributed by atoms with E-state index in [0.717, 1.165) is 22.0 Å². The van der Waals surface area contributed by atoms with Gasteiger partial charge in [-0.05, 0) is 35.9 Å². The molecule has 0 fully saturated rings. The lowest BCUT2D eigenvalue weighted by Crippen LogP contribution is -2.28. The van der Waals surface area contributed by atoms with Gasteiger partial charge in [-0.25, -0.2) is 14.2 Å². The lowest BCUT2D eigenvalue weighted by atomic mass is 10.0. The molecule has 0 atom stereocenters. The highest BCUT2D eigenvalue weighted by Crippen LogP contribution is 2.31. The second-order valence-electron chi connectivity index (χ2n) is 5.40. The normalized spacial score (nSPS) is 11.2. The van der Waals surface area contributed by atoms with Crippen LogP contribution in [0, 0.1) is 5.82 Å². The molecule has 0 unspecified atom stereocenters. The van der Waals surface area contributed by atoms with Gasteiger partial charge in [0.25, 0.3) is 0 Å². The van der Waals surface area contributed by atoms with Crippen molar-refractivity contribution < 1.29 is 13.6 Å². The van der Waals surface area contributed by atoms with Gasteiger partial charge in [-0.15, -0.1) is 0 Å². The van der Waals surface area contributed by atoms with Crippen molar-refractivity contribution >= 4 is 28.0 Å². The van der Waals surface area contributed by atoms with Crippen molar-refractivity contribution in [3.63, 3.8) is 0 Å². The van der Waals surface area contributed by atoms with Crippen molar-refractivity contribution in [2.24, 2.45) is 5.73 Å². The lowest BCUT2D eigenvalue weighted by molar-refractivity contribution is 0.247. The molecule has 120 valence electrons. The predicted molar refractivity (Wildman–Crippen MR) is 87.7 cm³/mol. The number of urea groups is 1. The number of hydrogen-bond donors (Lipinski definition) is 3. The van der Waals surface area contributed by atoms with Gasteiger partial charge in [0.05, 0.1) is 6.54 Å². The molecule has 6 nitrogen and oxygen atoms in total. The maximum absolute atomic E-state index is 13.3. The van der Waals surface area contributed by atoms with Crippen molar-refractivity contribution in [3.8, 4) is 11.1 Å². The first kappa shape index (κ1) is 14.3. The van der Waals surface area contributed by atoms with Gasteiger partial charge in [-0.1, -0.05) is 6.07 Å². The predicted octanol–water partition coefficient (Wildman–Crippen LogP) is 3.28. The Morgan fingerprint density at radius 1 is 1.29 bits per heavy atom. The molecule has 2 amide bonds. The number of H-pyrrole nitrogens is 1. The summed E-state index contributed by atoms with van der Waals surface area (Å²) in [6.07, 6.45) is 1.83. The number of carbonyl (C=O) groups is 1. The minimum atomic E-state index is -0.635. The summed E-state index contributed by atoms with van der Waals surface area (Å²) in [6, 6.07) is 9.61. The highest BCUT2D eigenvalue weighted by Gasteiger charge is 2.11. The monoisotopic (exact) mass is 324 g/mol. The van der Waals surface area contributed by atoms with Gasteiger partial charge in [0.1, 0.15) is 11.3 Å². The summed E-state index contributed by atoms with van der Waals surface area (Å²) in [5, 5.41) is 3.36. The minimum Gasteiger partial charge on any atom is -0.439 e. The van der Waals surface area contributed by atoms with Crippen LogP contribution < -0.4 is 11.1 Å². The second-order valence-corrected chi connectivity index (χ2v) is 5.40. The summed E-state index contributed by atoms with van der Waals surface area (Å²) in [6.45, 7) is 0.131. The van der Waals surface area contributed by atoms with Crippen molar-refractivity contribution in [2.75, 3.05) is 0 Å². The molecular weight excluding hydrogens is 311 g/mol. The molecule has 2 aromatic heterocycles. The van der Waals surface area contributed by atoms with Crippen LogP contribution in [0.4, 0.5) is 9.18 Å². The first-order valence-electron chi connectivity index (χ1n) is 7.30. The molecule has 0 saturated heterocycles. The van der Waals surface area contributed by atoms with Crippen molar-refractivity contribution in [1.29, 1.82) is 0 Å². The zero-order valence-corrected chi connectivity index (χ0v) is 12.5. The van der Waals surface area contributed by atoms with E-state index < -0.39 is 6.03 Å². The number of aromatic nitrogens is 2. The molecule has 0 radical (unpaired) electrons. The lowest BCUT2D eigenvalue weighted by Gasteiger charge is -1.99. The van der Waals surface area contributed by atoms with Gasteiger partial charge in [0.15, 0.2) is 5.58 Å². The maximum Gasteiger partial charge on any atom is 0.312 e. The molecule has 2 heterocycles. The first-order chi connectivity index (χ1) is 11.6. The third-order valence-corrected chi connectivity index (χ3v) is 3.80. The molecule has 0 aliphatic heterocycles. The van der Waals surface area contributed by atoms with Crippen LogP contribution in [0.3, 0.4) is 0 Å². The van der Waals surface area contributed by atoms with Crippen LogP contribution in [-0.2, 0) is 6.54 Å². The van der Waals surface area contributed by atoms with Gasteiger partial charge in [-0.3, -0.25) is 0 Å². The minimum absolute atomic E-state index is 0.131. The van der Waals surface area contributed by atoms with Gasteiger partial charge < -0.3 is 20.5 Å². The quantitative estimate of drug-likeness (QED) is 0.539. The van der Waals surface area contributed by atoms with Gasteiger partial charge in [-0.2, -0.15) is 0 Å². The Bertz CT molecular complexity index is 1070. The number of halogens is 1. The van der Waals surface area contributed by atoms with Crippen molar-refractivity contribution in [2.45, 2.75) is 6.54 Å². The number of hydrogen-bond acceptors (Lipinski definition) is 3. The highest BCUT2D eigenvalue weighted by atomic mass is 19.1. The molecule has 0 bridgehead atoms. The number of benzene rings is 2. The highest BCUT2D eigenvalue weighted by molar-refractivity contribution is 5.97. The molecule has 7 heteroatoms. The molecule has 0 saturated carbocycles. The molecule has 2 aromatic carbocycles. The Morgan fingerprint density at radius 2 is 2.17 bits per heavy atom. The fraction of sp³-hybridized carbons (Fsp3) is 0.0588. The van der Waals surface area contributed by atoms with Gasteiger partial charge in [0.2, 0.25) is 5.89 Å². The van der Waals surface area contributed by atoms with E-state index in [1.54, 1.807) is 6.07 Å².